The number of likely N-dealkylation sites (N-methyl/N-ethyl adjacent to an activating group) is 1. The predicted octanol–water partition coefficient (Wildman–Crippen LogP) is 2.24. The van der Waals surface area contributed by atoms with Crippen molar-refractivity contribution in [3.05, 3.63) is 80.0 Å². The first-order valence-corrected chi connectivity index (χ1v) is 12.8. The summed E-state index contributed by atoms with van der Waals surface area (Å²) in [6, 6.07) is 7.55. The lowest BCUT2D eigenvalue weighted by molar-refractivity contribution is -0.166. The maximum atomic E-state index is 14.1. The number of aliphatic hydroxyl groups excluding tert-OH is 3. The number of ketones is 2. The van der Waals surface area contributed by atoms with Crippen LogP contribution >= 0.6 is 23.2 Å². The molecule has 0 aromatic heterocycles. The molecule has 2 aromatic carbocycles. The topological polar surface area (TPSA) is 182 Å². The monoisotopic (exact) mass is 586 g/mol. The van der Waals surface area contributed by atoms with Gasteiger partial charge in [-0.1, -0.05) is 47.5 Å². The van der Waals surface area contributed by atoms with E-state index in [1.807, 2.05) is 0 Å². The number of Topliss-reactive ketones (excluding diaryl/α,β-unsaturated/α-hetero) is 2. The Hall–Kier alpha value is -3.67. The van der Waals surface area contributed by atoms with E-state index < -0.39 is 75.5 Å². The number of aliphatic hydroxyl groups is 4. The molecule has 40 heavy (non-hydrogen) atoms. The van der Waals surface area contributed by atoms with Gasteiger partial charge in [0.1, 0.15) is 22.8 Å². The molecule has 3 aliphatic rings. The number of rotatable bonds is 3. The first-order valence-electron chi connectivity index (χ1n) is 12.0. The first-order chi connectivity index (χ1) is 18.7. The highest BCUT2D eigenvalue weighted by atomic mass is 35.5. The Morgan fingerprint density at radius 3 is 2.35 bits per heavy atom. The summed E-state index contributed by atoms with van der Waals surface area (Å²) < 4.78 is 0. The van der Waals surface area contributed by atoms with Crippen LogP contribution in [0.1, 0.15) is 16.7 Å². The molecule has 2 aromatic rings. The number of halogens is 2. The predicted molar refractivity (Wildman–Crippen MR) is 146 cm³/mol. The number of phenolic OH excluding ortho intramolecular Hbond substituents is 1. The number of nitrogens with two attached hydrogens (primary N) is 1. The summed E-state index contributed by atoms with van der Waals surface area (Å²) in [6.07, 6.45) is -0.213. The molecule has 0 radical (unpaired) electrons. The van der Waals surface area contributed by atoms with Crippen molar-refractivity contribution in [2.75, 3.05) is 14.1 Å². The van der Waals surface area contributed by atoms with Crippen LogP contribution in [-0.4, -0.2) is 79.7 Å². The molecule has 10 nitrogen and oxygen atoms in total. The van der Waals surface area contributed by atoms with Crippen LogP contribution < -0.4 is 5.73 Å². The lowest BCUT2D eigenvalue weighted by atomic mass is 9.55. The Morgan fingerprint density at radius 2 is 1.75 bits per heavy atom. The molecule has 5 atom stereocenters. The van der Waals surface area contributed by atoms with Gasteiger partial charge in [-0.05, 0) is 49.0 Å². The van der Waals surface area contributed by atoms with Crippen LogP contribution in [-0.2, 0) is 14.4 Å². The van der Waals surface area contributed by atoms with Gasteiger partial charge in [0.2, 0.25) is 5.78 Å². The van der Waals surface area contributed by atoms with Gasteiger partial charge in [0, 0.05) is 5.92 Å². The molecular weight excluding hydrogens is 563 g/mol. The lowest BCUT2D eigenvalue weighted by Crippen LogP contribution is -2.70. The maximum absolute atomic E-state index is 14.1. The van der Waals surface area contributed by atoms with Gasteiger partial charge >= 0.3 is 0 Å². The van der Waals surface area contributed by atoms with E-state index in [4.69, 9.17) is 28.9 Å². The zero-order valence-electron chi connectivity index (χ0n) is 21.1. The second-order valence-electron chi connectivity index (χ2n) is 10.2. The fraction of sp³-hybridized carbons (Fsp3) is 0.250. The van der Waals surface area contributed by atoms with Crippen molar-refractivity contribution in [2.45, 2.75) is 17.7 Å². The van der Waals surface area contributed by atoms with E-state index in [1.54, 1.807) is 18.2 Å². The van der Waals surface area contributed by atoms with Crippen LogP contribution in [0, 0.1) is 11.8 Å². The van der Waals surface area contributed by atoms with Crippen LogP contribution in [0.15, 0.2) is 53.3 Å². The summed E-state index contributed by atoms with van der Waals surface area (Å²) in [5, 5.41) is 57.2. The Morgan fingerprint density at radius 1 is 1.07 bits per heavy atom. The number of amides is 1. The molecule has 0 bridgehead atoms. The number of fused-ring (bicyclic) bond motifs is 3. The average molecular weight is 587 g/mol. The van der Waals surface area contributed by atoms with Crippen molar-refractivity contribution in [1.29, 1.82) is 0 Å². The summed E-state index contributed by atoms with van der Waals surface area (Å²) in [4.78, 5) is 40.9. The fourth-order valence-electron chi connectivity index (χ4n) is 6.09. The SMILES string of the molecule is CN(C)[C@H]1C(=O)C(C(N)=O)=C(O)[C@@]2(O)C(=O)C3=C(O)c4c(O)cccc4/C(=C\c4ccc(Cl)c(Cl)c4)[C@H]3[C@H](O)[C@@H]12. The Bertz CT molecular complexity index is 1610. The molecule has 0 heterocycles. The normalized spacial score (nSPS) is 29.0. The van der Waals surface area contributed by atoms with E-state index in [1.165, 1.54) is 43.3 Å². The highest BCUT2D eigenvalue weighted by Crippen LogP contribution is 2.56. The van der Waals surface area contributed by atoms with Crippen molar-refractivity contribution < 1.29 is 39.9 Å². The number of primary amides is 1. The molecule has 0 aliphatic heterocycles. The summed E-state index contributed by atoms with van der Waals surface area (Å²) in [7, 11) is 2.87. The van der Waals surface area contributed by atoms with Crippen molar-refractivity contribution >= 4 is 58.1 Å². The molecule has 3 aliphatic carbocycles. The third-order valence-electron chi connectivity index (χ3n) is 7.80. The molecule has 208 valence electrons. The van der Waals surface area contributed by atoms with E-state index in [9.17, 15) is 39.9 Å². The van der Waals surface area contributed by atoms with Crippen LogP contribution in [0.5, 0.6) is 5.75 Å². The number of carbonyl (C=O) groups is 3. The highest BCUT2D eigenvalue weighted by molar-refractivity contribution is 6.42. The zero-order valence-corrected chi connectivity index (χ0v) is 22.6. The van der Waals surface area contributed by atoms with Gasteiger partial charge < -0.3 is 31.3 Å². The summed E-state index contributed by atoms with van der Waals surface area (Å²) in [5.41, 5.74) is 1.65. The van der Waals surface area contributed by atoms with Crippen molar-refractivity contribution in [3.63, 3.8) is 0 Å². The Labute approximate surface area is 237 Å². The molecule has 1 amide bonds. The third kappa shape index (κ3) is 3.71. The zero-order chi connectivity index (χ0) is 29.4. The minimum atomic E-state index is -3.01. The first kappa shape index (κ1) is 27.9. The van der Waals surface area contributed by atoms with E-state index in [-0.39, 0.29) is 26.7 Å². The van der Waals surface area contributed by atoms with Crippen LogP contribution in [0.25, 0.3) is 17.4 Å². The van der Waals surface area contributed by atoms with Gasteiger partial charge in [-0.2, -0.15) is 0 Å². The van der Waals surface area contributed by atoms with E-state index >= 15 is 0 Å². The molecule has 5 rings (SSSR count). The standard InChI is InChI=1S/C28H24Cl2N2O8/c1-32(2)21-20-23(35)17-12(8-10-6-7-13(29)14(30)9-10)11-4-3-5-15(33)16(11)22(34)18(17)25(37)28(20,40)26(38)19(24(21)36)27(31)39/h3-9,17,20-21,23,33-35,38,40H,1-2H3,(H2,31,39)/b12-8+/t17-,20-,21-,23+,28+/m1/s1. The number of carbonyl (C=O) groups excluding carboxylic acids is 3. The van der Waals surface area contributed by atoms with E-state index in [2.05, 4.69) is 0 Å². The molecule has 12 heteroatoms. The number of nitrogens with zero attached hydrogens (tertiary/aromatic N) is 1. The molecule has 7 N–H and O–H groups in total. The van der Waals surface area contributed by atoms with Gasteiger partial charge in [-0.15, -0.1) is 0 Å². The largest absolute Gasteiger partial charge is 0.508 e. The smallest absolute Gasteiger partial charge is 0.255 e. The van der Waals surface area contributed by atoms with Gasteiger partial charge in [0.15, 0.2) is 11.4 Å². The molecular formula is C28H24Cl2N2O8. The van der Waals surface area contributed by atoms with Crippen LogP contribution in [0.4, 0.5) is 0 Å². The minimum absolute atomic E-state index is 0.155. The molecule has 0 unspecified atom stereocenters. The number of benzene rings is 2. The molecule has 0 spiro atoms. The molecule has 1 fully saturated rings. The minimum Gasteiger partial charge on any atom is -0.508 e. The summed E-state index contributed by atoms with van der Waals surface area (Å²) in [6.45, 7) is 0. The van der Waals surface area contributed by atoms with Crippen LogP contribution in [0.2, 0.25) is 10.0 Å². The van der Waals surface area contributed by atoms with E-state index in [0.717, 1.165) is 0 Å². The number of hydrogen-bond donors (Lipinski definition) is 6. The number of phenols is 1. The van der Waals surface area contributed by atoms with Gasteiger partial charge in [-0.25, -0.2) is 0 Å². The van der Waals surface area contributed by atoms with Crippen molar-refractivity contribution in [1.82, 2.24) is 4.90 Å². The Balaban J connectivity index is 1.86. The third-order valence-corrected chi connectivity index (χ3v) is 8.53. The van der Waals surface area contributed by atoms with Crippen molar-refractivity contribution in [2.24, 2.45) is 17.6 Å². The number of aromatic hydroxyl groups is 1. The lowest BCUT2D eigenvalue weighted by Gasteiger charge is -2.53. The van der Waals surface area contributed by atoms with Gasteiger partial charge in [0.25, 0.3) is 5.91 Å². The highest BCUT2D eigenvalue weighted by Gasteiger charge is 2.68. The Kier molecular flexibility index (Phi) is 6.60. The van der Waals surface area contributed by atoms with Gasteiger partial charge in [-0.3, -0.25) is 19.3 Å². The molecule has 0 saturated heterocycles. The van der Waals surface area contributed by atoms with Crippen LogP contribution in [0.3, 0.4) is 0 Å². The number of hydrogen-bond acceptors (Lipinski definition) is 9. The second kappa shape index (κ2) is 9.46. The molecule has 1 saturated carbocycles. The maximum Gasteiger partial charge on any atom is 0.255 e. The van der Waals surface area contributed by atoms with Gasteiger partial charge in [0.05, 0.1) is 39.2 Å². The second-order valence-corrected chi connectivity index (χ2v) is 11.0. The van der Waals surface area contributed by atoms with E-state index in [0.29, 0.717) is 5.56 Å². The van der Waals surface area contributed by atoms with Crippen molar-refractivity contribution in [3.8, 4) is 5.75 Å². The average Bonchev–Trinajstić information content (AvgIpc) is 2.87. The summed E-state index contributed by atoms with van der Waals surface area (Å²) in [5.74, 6) is -9.13. The fourth-order valence-corrected chi connectivity index (χ4v) is 6.40. The summed E-state index contributed by atoms with van der Waals surface area (Å²) >= 11 is 12.3. The quantitative estimate of drug-likeness (QED) is 0.294.